The van der Waals surface area contributed by atoms with Gasteiger partial charge in [0.2, 0.25) is 0 Å². The molecule has 0 aromatic heterocycles. The zero-order chi connectivity index (χ0) is 23.8. The molecule has 0 radical (unpaired) electrons. The first-order chi connectivity index (χ1) is 15.5. The van der Waals surface area contributed by atoms with Gasteiger partial charge in [-0.3, -0.25) is 14.4 Å². The van der Waals surface area contributed by atoms with Crippen LogP contribution in [-0.4, -0.2) is 24.0 Å². The maximum absolute atomic E-state index is 13.0. The van der Waals surface area contributed by atoms with E-state index in [-0.39, 0.29) is 42.2 Å². The molecule has 5 heteroatoms. The Morgan fingerprint density at radius 1 is 0.812 bits per heavy atom. The number of esters is 3. The first-order valence-corrected chi connectivity index (χ1v) is 13.4. The molecule has 186 valence electrons. The van der Waals surface area contributed by atoms with Crippen molar-refractivity contribution in [3.63, 3.8) is 0 Å². The van der Waals surface area contributed by atoms with Gasteiger partial charge in [0, 0.05) is 0 Å². The van der Waals surface area contributed by atoms with Gasteiger partial charge in [0.05, 0.1) is 18.3 Å². The second kappa shape index (κ2) is 17.1. The molecule has 0 amide bonds. The quantitative estimate of drug-likeness (QED) is 0.118. The van der Waals surface area contributed by atoms with Crippen molar-refractivity contribution in [3.8, 4) is 0 Å². The Labute approximate surface area is 196 Å². The van der Waals surface area contributed by atoms with E-state index in [1.165, 1.54) is 25.7 Å². The molecular formula is C27H48O5. The molecule has 4 atom stereocenters. The number of ether oxygens (including phenoxy) is 2. The van der Waals surface area contributed by atoms with Crippen molar-refractivity contribution in [2.75, 3.05) is 0 Å². The van der Waals surface area contributed by atoms with Crippen molar-refractivity contribution in [1.29, 1.82) is 0 Å². The van der Waals surface area contributed by atoms with Gasteiger partial charge < -0.3 is 9.47 Å². The van der Waals surface area contributed by atoms with Crippen LogP contribution in [0.5, 0.6) is 0 Å². The number of carbonyl (C=O) groups excluding carboxylic acids is 3. The summed E-state index contributed by atoms with van der Waals surface area (Å²) in [6, 6.07) is 0. The van der Waals surface area contributed by atoms with E-state index < -0.39 is 5.97 Å². The van der Waals surface area contributed by atoms with Crippen molar-refractivity contribution in [2.24, 2.45) is 17.8 Å². The third-order valence-electron chi connectivity index (χ3n) is 6.75. The molecule has 0 N–H and O–H groups in total. The Bertz CT molecular complexity index is 544. The highest BCUT2D eigenvalue weighted by Crippen LogP contribution is 2.32. The van der Waals surface area contributed by atoms with E-state index in [9.17, 15) is 14.4 Å². The molecule has 1 fully saturated rings. The SMILES string of the molecule is CCCCCCCC(CCC)OC(=O)C(CCC)CCCC(CCC)C1CC(=O)OC1=O. The molecule has 0 spiro atoms. The Kier molecular flexibility index (Phi) is 15.3. The molecule has 0 aromatic rings. The van der Waals surface area contributed by atoms with Crippen LogP contribution in [0.15, 0.2) is 0 Å². The molecule has 0 saturated carbocycles. The number of carbonyl (C=O) groups is 3. The fraction of sp³-hybridized carbons (Fsp3) is 0.889. The van der Waals surface area contributed by atoms with Crippen LogP contribution in [0.2, 0.25) is 0 Å². The summed E-state index contributed by atoms with van der Waals surface area (Å²) in [6.45, 7) is 8.58. The van der Waals surface area contributed by atoms with Crippen LogP contribution in [0.4, 0.5) is 0 Å². The number of hydrogen-bond acceptors (Lipinski definition) is 5. The molecule has 1 saturated heterocycles. The van der Waals surface area contributed by atoms with E-state index in [0.717, 1.165) is 70.6 Å². The van der Waals surface area contributed by atoms with Gasteiger partial charge in [-0.05, 0) is 50.9 Å². The van der Waals surface area contributed by atoms with Gasteiger partial charge in [0.1, 0.15) is 6.10 Å². The van der Waals surface area contributed by atoms with E-state index >= 15 is 0 Å². The second-order valence-electron chi connectivity index (χ2n) is 9.62. The van der Waals surface area contributed by atoms with Crippen LogP contribution >= 0.6 is 0 Å². The Morgan fingerprint density at radius 3 is 2.09 bits per heavy atom. The van der Waals surface area contributed by atoms with Crippen molar-refractivity contribution < 1.29 is 23.9 Å². The minimum atomic E-state index is -0.398. The Hall–Kier alpha value is -1.39. The highest BCUT2D eigenvalue weighted by Gasteiger charge is 2.38. The Morgan fingerprint density at radius 2 is 1.50 bits per heavy atom. The highest BCUT2D eigenvalue weighted by atomic mass is 16.6. The monoisotopic (exact) mass is 452 g/mol. The number of hydrogen-bond donors (Lipinski definition) is 0. The zero-order valence-corrected chi connectivity index (χ0v) is 21.2. The lowest BCUT2D eigenvalue weighted by Gasteiger charge is -2.23. The molecular weight excluding hydrogens is 404 g/mol. The minimum absolute atomic E-state index is 0.0404. The van der Waals surface area contributed by atoms with Gasteiger partial charge in [-0.15, -0.1) is 0 Å². The molecule has 1 rings (SSSR count). The van der Waals surface area contributed by atoms with Gasteiger partial charge in [-0.25, -0.2) is 0 Å². The molecule has 4 unspecified atom stereocenters. The van der Waals surface area contributed by atoms with Gasteiger partial charge >= 0.3 is 17.9 Å². The molecule has 0 aromatic carbocycles. The topological polar surface area (TPSA) is 69.7 Å². The van der Waals surface area contributed by atoms with Crippen molar-refractivity contribution in [2.45, 2.75) is 137 Å². The van der Waals surface area contributed by atoms with Crippen LogP contribution < -0.4 is 0 Å². The van der Waals surface area contributed by atoms with Gasteiger partial charge in [0.15, 0.2) is 0 Å². The fourth-order valence-corrected chi connectivity index (χ4v) is 4.94. The Balaban J connectivity index is 2.55. The lowest BCUT2D eigenvalue weighted by molar-refractivity contribution is -0.156. The van der Waals surface area contributed by atoms with Crippen LogP contribution in [0.1, 0.15) is 130 Å². The van der Waals surface area contributed by atoms with E-state index in [1.54, 1.807) is 0 Å². The fourth-order valence-electron chi connectivity index (χ4n) is 4.94. The summed E-state index contributed by atoms with van der Waals surface area (Å²) in [6.07, 6.45) is 15.5. The average Bonchev–Trinajstić information content (AvgIpc) is 3.10. The van der Waals surface area contributed by atoms with E-state index in [4.69, 9.17) is 9.47 Å². The summed E-state index contributed by atoms with van der Waals surface area (Å²) >= 11 is 0. The van der Waals surface area contributed by atoms with Crippen molar-refractivity contribution >= 4 is 17.9 Å². The summed E-state index contributed by atoms with van der Waals surface area (Å²) in [5, 5.41) is 0. The lowest BCUT2D eigenvalue weighted by Crippen LogP contribution is -2.25. The first kappa shape index (κ1) is 28.6. The van der Waals surface area contributed by atoms with Gasteiger partial charge in [0.25, 0.3) is 0 Å². The zero-order valence-electron chi connectivity index (χ0n) is 21.2. The molecule has 1 heterocycles. The predicted molar refractivity (Wildman–Crippen MR) is 128 cm³/mol. The van der Waals surface area contributed by atoms with Gasteiger partial charge in [-0.1, -0.05) is 79.1 Å². The third kappa shape index (κ3) is 11.0. The van der Waals surface area contributed by atoms with E-state index in [0.29, 0.717) is 0 Å². The first-order valence-electron chi connectivity index (χ1n) is 13.4. The molecule has 5 nitrogen and oxygen atoms in total. The maximum atomic E-state index is 13.0. The second-order valence-corrected chi connectivity index (χ2v) is 9.62. The number of cyclic esters (lactones) is 2. The largest absolute Gasteiger partial charge is 0.462 e. The summed E-state index contributed by atoms with van der Waals surface area (Å²) in [4.78, 5) is 36.5. The van der Waals surface area contributed by atoms with Crippen LogP contribution in [0, 0.1) is 17.8 Å². The molecule has 0 bridgehead atoms. The molecule has 1 aliphatic heterocycles. The summed E-state index contributed by atoms with van der Waals surface area (Å²) < 4.78 is 10.8. The lowest BCUT2D eigenvalue weighted by atomic mass is 9.82. The van der Waals surface area contributed by atoms with Crippen molar-refractivity contribution in [1.82, 2.24) is 0 Å². The third-order valence-corrected chi connectivity index (χ3v) is 6.75. The van der Waals surface area contributed by atoms with Crippen molar-refractivity contribution in [3.05, 3.63) is 0 Å². The maximum Gasteiger partial charge on any atom is 0.317 e. The van der Waals surface area contributed by atoms with Crippen LogP contribution in [-0.2, 0) is 23.9 Å². The molecule has 1 aliphatic rings. The standard InChI is InChI=1S/C27H48O5/c1-5-9-10-11-12-19-23(16-8-4)31-26(29)22(15-7-3)18-13-17-21(14-6-2)24-20-25(28)32-27(24)30/h21-24H,5-20H2,1-4H3. The molecule has 32 heavy (non-hydrogen) atoms. The highest BCUT2D eigenvalue weighted by molar-refractivity contribution is 5.94. The van der Waals surface area contributed by atoms with Crippen LogP contribution in [0.3, 0.4) is 0 Å². The van der Waals surface area contributed by atoms with Crippen LogP contribution in [0.25, 0.3) is 0 Å². The van der Waals surface area contributed by atoms with E-state index in [2.05, 4.69) is 27.7 Å². The summed E-state index contributed by atoms with van der Waals surface area (Å²) in [7, 11) is 0. The minimum Gasteiger partial charge on any atom is -0.462 e. The van der Waals surface area contributed by atoms with E-state index in [1.807, 2.05) is 0 Å². The number of unbranched alkanes of at least 4 members (excludes halogenated alkanes) is 4. The smallest absolute Gasteiger partial charge is 0.317 e. The predicted octanol–water partition coefficient (Wildman–Crippen LogP) is 7.15. The van der Waals surface area contributed by atoms with Gasteiger partial charge in [-0.2, -0.15) is 0 Å². The molecule has 0 aliphatic carbocycles. The number of rotatable bonds is 19. The summed E-state index contributed by atoms with van der Waals surface area (Å²) in [5.74, 6) is -1.02. The normalized spacial score (nSPS) is 18.9. The average molecular weight is 453 g/mol. The summed E-state index contributed by atoms with van der Waals surface area (Å²) in [5.41, 5.74) is 0.